The zero-order valence-corrected chi connectivity index (χ0v) is 43.4. The van der Waals surface area contributed by atoms with E-state index in [1.165, 1.54) is 228 Å². The third-order valence-electron chi connectivity index (χ3n) is 12.9. The molecule has 2 aromatic rings. The van der Waals surface area contributed by atoms with Crippen molar-refractivity contribution in [2.24, 2.45) is 0 Å². The van der Waals surface area contributed by atoms with Crippen molar-refractivity contribution >= 4 is 11.4 Å². The molecule has 4 nitrogen and oxygen atoms in total. The van der Waals surface area contributed by atoms with Gasteiger partial charge in [0.05, 0.1) is 0 Å². The molecule has 2 aromatic carbocycles. The fourth-order valence-electron chi connectivity index (χ4n) is 8.63. The molecule has 3 rings (SSSR count). The van der Waals surface area contributed by atoms with Crippen molar-refractivity contribution in [2.45, 2.75) is 265 Å². The first-order valence-corrected chi connectivity index (χ1v) is 28.4. The van der Waals surface area contributed by atoms with Gasteiger partial charge in [0, 0.05) is 23.3 Å². The molecule has 0 aliphatic carbocycles. The Hall–Kier alpha value is -2.07. The van der Waals surface area contributed by atoms with Gasteiger partial charge in [0.1, 0.15) is 0 Å². The summed E-state index contributed by atoms with van der Waals surface area (Å²) < 4.78 is 11.6. The summed E-state index contributed by atoms with van der Waals surface area (Å²) in [6.07, 6.45) is 54.9. The van der Waals surface area contributed by atoms with Crippen molar-refractivity contribution in [3.8, 4) is 0 Å². The fourth-order valence-corrected chi connectivity index (χ4v) is 9.16. The van der Waals surface area contributed by atoms with Crippen LogP contribution in [-0.4, -0.2) is 17.9 Å². The number of aryl methyl sites for hydroxylation is 2. The first kappa shape index (κ1) is 58.1. The van der Waals surface area contributed by atoms with Crippen LogP contribution in [0.2, 0.25) is 0 Å². The van der Waals surface area contributed by atoms with Gasteiger partial charge >= 0.3 is 75.6 Å². The molecule has 5 heteroatoms. The van der Waals surface area contributed by atoms with Crippen LogP contribution in [0.1, 0.15) is 275 Å². The molecule has 0 bridgehead atoms. The van der Waals surface area contributed by atoms with Crippen molar-refractivity contribution in [2.75, 3.05) is 13.2 Å². The Morgan fingerprint density at radius 3 is 1.12 bits per heavy atom. The molecule has 0 amide bonds. The Bertz CT molecular complexity index is 1410. The summed E-state index contributed by atoms with van der Waals surface area (Å²) in [7, 11) is 0. The zero-order valence-electron chi connectivity index (χ0n) is 42.4. The Balaban J connectivity index is 0.00000112. The molecule has 0 spiro atoms. The van der Waals surface area contributed by atoms with Gasteiger partial charge in [-0.2, -0.15) is 0 Å². The summed E-state index contributed by atoms with van der Waals surface area (Å²) >= 11 is 0.968. The molecular formula is C59H100N2NiO2. The van der Waals surface area contributed by atoms with Crippen molar-refractivity contribution in [3.63, 3.8) is 0 Å². The first-order chi connectivity index (χ1) is 31.6. The molecule has 0 radical (unpaired) electrons. The van der Waals surface area contributed by atoms with E-state index in [1.54, 1.807) is 0 Å². The van der Waals surface area contributed by atoms with Crippen LogP contribution in [0.15, 0.2) is 60.7 Å². The quantitative estimate of drug-likeness (QED) is 0.0378. The summed E-state index contributed by atoms with van der Waals surface area (Å²) in [4.78, 5) is 0. The van der Waals surface area contributed by atoms with Crippen LogP contribution < -0.4 is 0 Å². The normalized spacial score (nSPS) is 12.5. The van der Waals surface area contributed by atoms with E-state index >= 15 is 0 Å². The molecular weight excluding hydrogens is 827 g/mol. The molecule has 1 heterocycles. The van der Waals surface area contributed by atoms with Gasteiger partial charge in [0.2, 0.25) is 11.4 Å². The number of rotatable bonds is 43. The number of nitrogens with zero attached hydrogens (tertiary/aromatic N) is 2. The summed E-state index contributed by atoms with van der Waals surface area (Å²) in [5.74, 6) is 0. The third kappa shape index (κ3) is 31.0. The number of benzene rings is 2. The Morgan fingerprint density at radius 2 is 0.719 bits per heavy atom. The maximum absolute atomic E-state index is 11.1. The second-order valence-electron chi connectivity index (χ2n) is 18.9. The summed E-state index contributed by atoms with van der Waals surface area (Å²) in [6, 6.07) is 17.5. The molecule has 0 fully saturated rings. The number of unbranched alkanes of at least 4 members (excludes halogenated alkanes) is 31. The summed E-state index contributed by atoms with van der Waals surface area (Å²) in [5.41, 5.74) is 17.7. The number of hydrogen-bond acceptors (Lipinski definition) is 2. The van der Waals surface area contributed by atoms with Crippen molar-refractivity contribution in [3.05, 3.63) is 88.5 Å². The molecule has 0 atom stereocenters. The van der Waals surface area contributed by atoms with Crippen molar-refractivity contribution in [1.29, 1.82) is 0 Å². The monoisotopic (exact) mass is 927 g/mol. The average molecular weight is 928 g/mol. The van der Waals surface area contributed by atoms with Crippen LogP contribution in [0.3, 0.4) is 0 Å². The van der Waals surface area contributed by atoms with E-state index in [2.05, 4.69) is 82.3 Å². The SMILES string of the molecule is CCCCCCCCCCCCCCCCCCCCCCCCCCCCCc1cccc(C2=CC=C(c3ccc(CCCCCC)cc3)[N+]2=[N-])c1.CCCC[O][Ni][O]CCCC. The average Bonchev–Trinajstić information content (AvgIpc) is 3.71. The molecule has 64 heavy (non-hydrogen) atoms. The molecule has 368 valence electrons. The molecule has 0 saturated heterocycles. The van der Waals surface area contributed by atoms with E-state index < -0.39 is 0 Å². The Kier molecular flexibility index (Phi) is 39.5. The molecule has 0 aromatic heterocycles. The first-order valence-electron chi connectivity index (χ1n) is 27.6. The Morgan fingerprint density at radius 1 is 0.375 bits per heavy atom. The third-order valence-corrected chi connectivity index (χ3v) is 13.6. The van der Waals surface area contributed by atoms with Gasteiger partial charge in [-0.15, -0.1) is 0 Å². The standard InChI is InChI=1S/C51H82N2.2C4H9O.Ni/c1-3-5-7-9-10-11-12-13-14-15-16-17-18-19-20-21-22-23-24-25-26-27-28-29-30-31-33-36-47-37-34-38-49(45-47)51-44-43-50(53(51)52)48-41-39-46(40-42-48)35-32-8-6-4-2;2*1-2-3-4-5;/h34,37-45H,3-33,35-36H2,1-2H3;2*2-4H2,1H3;/q;2*-1;+2. The number of hydrogen-bond donors (Lipinski definition) is 0. The summed E-state index contributed by atoms with van der Waals surface area (Å²) in [5, 5.41) is 0. The van der Waals surface area contributed by atoms with Crippen LogP contribution in [0.4, 0.5) is 0 Å². The van der Waals surface area contributed by atoms with Gasteiger partial charge in [-0.1, -0.05) is 224 Å². The van der Waals surface area contributed by atoms with Crippen LogP contribution >= 0.6 is 0 Å². The van der Waals surface area contributed by atoms with Crippen molar-refractivity contribution in [1.82, 2.24) is 0 Å². The zero-order chi connectivity index (χ0) is 45.8. The van der Waals surface area contributed by atoms with Crippen LogP contribution in [0.5, 0.6) is 0 Å². The van der Waals surface area contributed by atoms with Gasteiger partial charge < -0.3 is 5.53 Å². The fraction of sp³-hybridized carbons (Fsp3) is 0.729. The van der Waals surface area contributed by atoms with Crippen LogP contribution in [-0.2, 0) is 35.7 Å². The van der Waals surface area contributed by atoms with E-state index in [9.17, 15) is 5.53 Å². The molecule has 1 aliphatic heterocycles. The van der Waals surface area contributed by atoms with Crippen LogP contribution in [0, 0.1) is 0 Å². The van der Waals surface area contributed by atoms with E-state index in [-0.39, 0.29) is 0 Å². The molecule has 0 N–H and O–H groups in total. The van der Waals surface area contributed by atoms with E-state index in [0.29, 0.717) is 0 Å². The minimum absolute atomic E-state index is 0.808. The maximum atomic E-state index is 11.1. The van der Waals surface area contributed by atoms with Crippen LogP contribution in [0.25, 0.3) is 16.9 Å². The van der Waals surface area contributed by atoms with Crippen molar-refractivity contribution < 1.29 is 27.5 Å². The molecule has 1 aliphatic rings. The van der Waals surface area contributed by atoms with E-state index in [1.807, 2.05) is 6.08 Å². The number of allylic oxidation sites excluding steroid dienone is 2. The van der Waals surface area contributed by atoms with E-state index in [0.717, 1.165) is 76.5 Å². The second kappa shape index (κ2) is 43.5. The second-order valence-corrected chi connectivity index (χ2v) is 19.7. The molecule has 0 unspecified atom stereocenters. The Labute approximate surface area is 403 Å². The topological polar surface area (TPSA) is 43.8 Å². The van der Waals surface area contributed by atoms with Gasteiger partial charge in [0.15, 0.2) is 0 Å². The summed E-state index contributed by atoms with van der Waals surface area (Å²) in [6.45, 7) is 10.5. The van der Waals surface area contributed by atoms with E-state index in [4.69, 9.17) is 7.76 Å². The van der Waals surface area contributed by atoms with Gasteiger partial charge in [-0.3, -0.25) is 0 Å². The van der Waals surface area contributed by atoms with Gasteiger partial charge in [0.25, 0.3) is 0 Å². The van der Waals surface area contributed by atoms with Gasteiger partial charge in [-0.25, -0.2) is 4.70 Å². The minimum atomic E-state index is 0.808. The predicted octanol–water partition coefficient (Wildman–Crippen LogP) is 19.9. The van der Waals surface area contributed by atoms with Gasteiger partial charge in [-0.05, 0) is 61.1 Å². The molecule has 0 saturated carbocycles. The predicted molar refractivity (Wildman–Crippen MR) is 276 cm³/mol.